The van der Waals surface area contributed by atoms with E-state index in [0.29, 0.717) is 6.07 Å². The molecule has 0 atom stereocenters. The maximum absolute atomic E-state index is 12.3. The highest BCUT2D eigenvalue weighted by atomic mass is 79.9. The Morgan fingerprint density at radius 1 is 1.40 bits per heavy atom. The number of halogens is 4. The molecule has 0 amide bonds. The van der Waals surface area contributed by atoms with E-state index in [1.165, 1.54) is 0 Å². The fourth-order valence-electron chi connectivity index (χ4n) is 0.830. The number of hydrogen-bond acceptors (Lipinski definition) is 3. The lowest BCUT2D eigenvalue weighted by Gasteiger charge is -2.09. The van der Waals surface area contributed by atoms with Gasteiger partial charge in [-0.25, -0.2) is 4.98 Å². The second-order valence-electron chi connectivity index (χ2n) is 2.47. The maximum atomic E-state index is 12.3. The zero-order valence-corrected chi connectivity index (χ0v) is 9.19. The van der Waals surface area contributed by atoms with Gasteiger partial charge in [-0.3, -0.25) is 4.55 Å². The largest absolute Gasteiger partial charge is 0.434 e. The highest BCUT2D eigenvalue weighted by molar-refractivity contribution is 9.10. The Morgan fingerprint density at radius 3 is 2.33 bits per heavy atom. The fraction of sp³-hybridized carbons (Fsp3) is 0.167. The topological polar surface area (TPSA) is 67.3 Å². The summed E-state index contributed by atoms with van der Waals surface area (Å²) >= 11 is 2.75. The molecule has 0 spiro atoms. The summed E-state index contributed by atoms with van der Waals surface area (Å²) in [5.41, 5.74) is -1.65. The third-order valence-electron chi connectivity index (χ3n) is 1.37. The van der Waals surface area contributed by atoms with Gasteiger partial charge in [0.2, 0.25) is 0 Å². The van der Waals surface area contributed by atoms with Crippen LogP contribution in [0, 0.1) is 0 Å². The lowest BCUT2D eigenvalue weighted by atomic mass is 10.3. The first-order valence-corrected chi connectivity index (χ1v) is 5.56. The minimum atomic E-state index is -4.95. The lowest BCUT2D eigenvalue weighted by molar-refractivity contribution is -0.143. The van der Waals surface area contributed by atoms with Gasteiger partial charge < -0.3 is 0 Å². The van der Waals surface area contributed by atoms with Crippen molar-refractivity contribution < 1.29 is 26.1 Å². The van der Waals surface area contributed by atoms with Crippen molar-refractivity contribution in [2.45, 2.75) is 11.1 Å². The van der Waals surface area contributed by atoms with Crippen LogP contribution in [0.1, 0.15) is 5.69 Å². The van der Waals surface area contributed by atoms with E-state index in [1.807, 2.05) is 0 Å². The average molecular weight is 306 g/mol. The van der Waals surface area contributed by atoms with Gasteiger partial charge in [-0.15, -0.1) is 0 Å². The van der Waals surface area contributed by atoms with Gasteiger partial charge in [0.15, 0.2) is 5.69 Å². The summed E-state index contributed by atoms with van der Waals surface area (Å²) in [5.74, 6) is 0. The summed E-state index contributed by atoms with van der Waals surface area (Å²) in [7, 11) is -4.95. The summed E-state index contributed by atoms with van der Waals surface area (Å²) < 4.78 is 66.7. The predicted octanol–water partition coefficient (Wildman–Crippen LogP) is 2.11. The third kappa shape index (κ3) is 2.89. The van der Waals surface area contributed by atoms with Crippen LogP contribution in [0.15, 0.2) is 21.6 Å². The molecule has 0 saturated carbocycles. The van der Waals surface area contributed by atoms with Crippen LogP contribution >= 0.6 is 15.9 Å². The van der Waals surface area contributed by atoms with Gasteiger partial charge in [-0.1, -0.05) is 0 Å². The number of hydrogen-bond donors (Lipinski definition) is 1. The molecule has 1 aromatic rings. The molecule has 1 N–H and O–H groups in total. The quantitative estimate of drug-likeness (QED) is 0.807. The Labute approximate surface area is 91.0 Å². The highest BCUT2D eigenvalue weighted by Gasteiger charge is 2.38. The van der Waals surface area contributed by atoms with Crippen LogP contribution in [0.2, 0.25) is 0 Å². The van der Waals surface area contributed by atoms with E-state index in [-0.39, 0.29) is 4.47 Å². The molecule has 0 aliphatic heterocycles. The fourth-order valence-corrected chi connectivity index (χ4v) is 2.00. The van der Waals surface area contributed by atoms with Gasteiger partial charge in [0.25, 0.3) is 10.1 Å². The minimum absolute atomic E-state index is 0.0168. The van der Waals surface area contributed by atoms with Crippen LogP contribution in [-0.2, 0) is 16.3 Å². The summed E-state index contributed by atoms with van der Waals surface area (Å²) in [5, 5.41) is 0. The van der Waals surface area contributed by atoms with Gasteiger partial charge in [0, 0.05) is 10.7 Å². The zero-order chi connectivity index (χ0) is 11.9. The van der Waals surface area contributed by atoms with Crippen molar-refractivity contribution in [2.24, 2.45) is 0 Å². The van der Waals surface area contributed by atoms with Crippen molar-refractivity contribution >= 4 is 26.0 Å². The Bertz CT molecular complexity index is 485. The van der Waals surface area contributed by atoms with E-state index in [1.54, 1.807) is 0 Å². The average Bonchev–Trinajstić information content (AvgIpc) is 2.00. The molecular weight excluding hydrogens is 303 g/mol. The van der Waals surface area contributed by atoms with Crippen molar-refractivity contribution in [3.8, 4) is 0 Å². The van der Waals surface area contributed by atoms with Crippen LogP contribution in [-0.4, -0.2) is 18.0 Å². The van der Waals surface area contributed by atoms with Crippen molar-refractivity contribution in [1.82, 2.24) is 4.98 Å². The number of nitrogens with zero attached hydrogens (tertiary/aromatic N) is 1. The van der Waals surface area contributed by atoms with Gasteiger partial charge in [0.05, 0.1) is 0 Å². The molecule has 0 unspecified atom stereocenters. The SMILES string of the molecule is O=S(=O)(O)c1cc(Br)cnc1C(F)(F)F. The first-order valence-electron chi connectivity index (χ1n) is 3.32. The van der Waals surface area contributed by atoms with E-state index in [4.69, 9.17) is 4.55 Å². The number of pyridine rings is 1. The molecule has 0 radical (unpaired) electrons. The molecule has 0 aliphatic carbocycles. The van der Waals surface area contributed by atoms with E-state index in [9.17, 15) is 21.6 Å². The molecule has 15 heavy (non-hydrogen) atoms. The van der Waals surface area contributed by atoms with Crippen LogP contribution in [0.4, 0.5) is 13.2 Å². The summed E-state index contributed by atoms with van der Waals surface area (Å²) in [4.78, 5) is 1.63. The van der Waals surface area contributed by atoms with E-state index in [2.05, 4.69) is 20.9 Å². The van der Waals surface area contributed by atoms with E-state index in [0.717, 1.165) is 6.20 Å². The molecule has 4 nitrogen and oxygen atoms in total. The van der Waals surface area contributed by atoms with Crippen LogP contribution in [0.3, 0.4) is 0 Å². The molecule has 0 fully saturated rings. The van der Waals surface area contributed by atoms with Crippen LogP contribution in [0.5, 0.6) is 0 Å². The summed E-state index contributed by atoms with van der Waals surface area (Å²) in [6.45, 7) is 0. The molecule has 0 aliphatic rings. The number of aromatic nitrogens is 1. The Morgan fingerprint density at radius 2 is 1.93 bits per heavy atom. The number of alkyl halides is 3. The first kappa shape index (κ1) is 12.4. The second kappa shape index (κ2) is 3.72. The summed E-state index contributed by atoms with van der Waals surface area (Å²) in [6, 6.07) is 0.630. The summed E-state index contributed by atoms with van der Waals surface area (Å²) in [6.07, 6.45) is -4.15. The molecule has 1 aromatic heterocycles. The van der Waals surface area contributed by atoms with Crippen LogP contribution < -0.4 is 0 Å². The van der Waals surface area contributed by atoms with E-state index < -0.39 is 26.9 Å². The molecule has 0 aromatic carbocycles. The minimum Gasteiger partial charge on any atom is -0.282 e. The first-order chi connectivity index (χ1) is 6.62. The van der Waals surface area contributed by atoms with Gasteiger partial charge >= 0.3 is 6.18 Å². The zero-order valence-electron chi connectivity index (χ0n) is 6.79. The van der Waals surface area contributed by atoms with Crippen molar-refractivity contribution in [3.05, 3.63) is 22.4 Å². The normalized spacial score (nSPS) is 12.9. The Balaban J connectivity index is 3.55. The Kier molecular flexibility index (Phi) is 3.08. The monoisotopic (exact) mass is 305 g/mol. The predicted molar refractivity (Wildman–Crippen MR) is 46.8 cm³/mol. The van der Waals surface area contributed by atoms with Gasteiger partial charge in [-0.05, 0) is 22.0 Å². The lowest BCUT2D eigenvalue weighted by Crippen LogP contribution is -2.15. The molecule has 84 valence electrons. The van der Waals surface area contributed by atoms with Crippen molar-refractivity contribution in [1.29, 1.82) is 0 Å². The Hall–Kier alpha value is -0.670. The third-order valence-corrected chi connectivity index (χ3v) is 2.67. The molecular formula is C6H3BrF3NO3S. The standard InChI is InChI=1S/C6H3BrF3NO3S/c7-3-1-4(15(12,13)14)5(11-2-3)6(8,9)10/h1-2H,(H,12,13,14). The van der Waals surface area contributed by atoms with Gasteiger partial charge in [0.1, 0.15) is 4.90 Å². The van der Waals surface area contributed by atoms with Crippen molar-refractivity contribution in [2.75, 3.05) is 0 Å². The smallest absolute Gasteiger partial charge is 0.282 e. The second-order valence-corrected chi connectivity index (χ2v) is 4.78. The van der Waals surface area contributed by atoms with E-state index >= 15 is 0 Å². The maximum Gasteiger partial charge on any atom is 0.434 e. The van der Waals surface area contributed by atoms with Crippen LogP contribution in [0.25, 0.3) is 0 Å². The molecule has 1 rings (SSSR count). The molecule has 0 bridgehead atoms. The molecule has 9 heteroatoms. The number of rotatable bonds is 1. The highest BCUT2D eigenvalue weighted by Crippen LogP contribution is 2.33. The van der Waals surface area contributed by atoms with Crippen molar-refractivity contribution in [3.63, 3.8) is 0 Å². The molecule has 0 saturated heterocycles. The molecule has 1 heterocycles. The van der Waals surface area contributed by atoms with Gasteiger partial charge in [-0.2, -0.15) is 21.6 Å².